The lowest BCUT2D eigenvalue weighted by Gasteiger charge is -2.22. The molecule has 3 N–H and O–H groups in total. The summed E-state index contributed by atoms with van der Waals surface area (Å²) in [5, 5.41) is 2.68. The predicted molar refractivity (Wildman–Crippen MR) is 70.8 cm³/mol. The maximum atomic E-state index is 13.0. The predicted octanol–water partition coefficient (Wildman–Crippen LogP) is 2.27. The molecule has 0 radical (unpaired) electrons. The fourth-order valence-electron chi connectivity index (χ4n) is 2.24. The molecular weight excluding hydrogens is 274 g/mol. The zero-order valence-corrected chi connectivity index (χ0v) is 11.2. The Morgan fingerprint density at radius 2 is 1.89 bits per heavy atom. The molecule has 0 aromatic heterocycles. The molecule has 1 aromatic carbocycles. The van der Waals surface area contributed by atoms with Crippen LogP contribution in [0.2, 0.25) is 0 Å². The van der Waals surface area contributed by atoms with E-state index >= 15 is 0 Å². The first kappa shape index (κ1) is 15.9. The summed E-state index contributed by atoms with van der Waals surface area (Å²) in [6.45, 7) is 0.162. The molecule has 106 valence electrons. The van der Waals surface area contributed by atoms with E-state index in [1.165, 1.54) is 6.07 Å². The van der Waals surface area contributed by atoms with Crippen LogP contribution in [0.1, 0.15) is 31.2 Å². The summed E-state index contributed by atoms with van der Waals surface area (Å²) in [6, 6.07) is 3.56. The largest absolute Gasteiger partial charge is 0.350 e. The quantitative estimate of drug-likeness (QED) is 0.897. The van der Waals surface area contributed by atoms with Gasteiger partial charge in [0.1, 0.15) is 0 Å². The van der Waals surface area contributed by atoms with Crippen LogP contribution in [-0.2, 0) is 11.3 Å². The highest BCUT2D eigenvalue weighted by Crippen LogP contribution is 2.27. The van der Waals surface area contributed by atoms with Gasteiger partial charge in [-0.1, -0.05) is 18.9 Å². The molecule has 0 aliphatic heterocycles. The topological polar surface area (TPSA) is 55.1 Å². The number of rotatable bonds is 3. The second-order valence-corrected chi connectivity index (χ2v) is 4.79. The van der Waals surface area contributed by atoms with Crippen molar-refractivity contribution in [3.63, 3.8) is 0 Å². The Labute approximate surface area is 117 Å². The third-order valence-corrected chi connectivity index (χ3v) is 3.39. The van der Waals surface area contributed by atoms with Crippen LogP contribution in [0.4, 0.5) is 8.78 Å². The SMILES string of the molecule is Cl.NC1(C(=O)NCc2ccc(F)c(F)c2)CCCC1. The van der Waals surface area contributed by atoms with Crippen molar-refractivity contribution in [1.29, 1.82) is 0 Å². The van der Waals surface area contributed by atoms with Gasteiger partial charge in [0.05, 0.1) is 5.54 Å². The minimum Gasteiger partial charge on any atom is -0.350 e. The fraction of sp³-hybridized carbons (Fsp3) is 0.462. The van der Waals surface area contributed by atoms with Crippen molar-refractivity contribution in [3.8, 4) is 0 Å². The first-order chi connectivity index (χ1) is 8.51. The molecule has 0 spiro atoms. The maximum Gasteiger partial charge on any atom is 0.240 e. The van der Waals surface area contributed by atoms with Gasteiger partial charge in [-0.2, -0.15) is 0 Å². The van der Waals surface area contributed by atoms with Crippen molar-refractivity contribution in [2.45, 2.75) is 37.8 Å². The summed E-state index contributed by atoms with van der Waals surface area (Å²) in [5.41, 5.74) is 5.70. The number of benzene rings is 1. The van der Waals surface area contributed by atoms with Crippen molar-refractivity contribution in [2.24, 2.45) is 5.73 Å². The van der Waals surface area contributed by atoms with E-state index in [0.29, 0.717) is 18.4 Å². The van der Waals surface area contributed by atoms with Gasteiger partial charge < -0.3 is 11.1 Å². The maximum absolute atomic E-state index is 13.0. The average molecular weight is 291 g/mol. The lowest BCUT2D eigenvalue weighted by atomic mass is 9.98. The molecule has 1 saturated carbocycles. The summed E-state index contributed by atoms with van der Waals surface area (Å²) in [4.78, 5) is 11.9. The van der Waals surface area contributed by atoms with E-state index in [1.54, 1.807) is 0 Å². The molecule has 0 saturated heterocycles. The minimum absolute atomic E-state index is 0. The molecule has 6 heteroatoms. The van der Waals surface area contributed by atoms with Crippen LogP contribution < -0.4 is 11.1 Å². The van der Waals surface area contributed by atoms with Crippen molar-refractivity contribution in [3.05, 3.63) is 35.4 Å². The molecule has 1 aromatic rings. The Morgan fingerprint density at radius 1 is 1.26 bits per heavy atom. The van der Waals surface area contributed by atoms with Crippen LogP contribution in [0.25, 0.3) is 0 Å². The summed E-state index contributed by atoms with van der Waals surface area (Å²) in [7, 11) is 0. The number of hydrogen-bond acceptors (Lipinski definition) is 2. The Morgan fingerprint density at radius 3 is 2.47 bits per heavy atom. The molecule has 1 amide bonds. The fourth-order valence-corrected chi connectivity index (χ4v) is 2.24. The van der Waals surface area contributed by atoms with Crippen LogP contribution >= 0.6 is 12.4 Å². The van der Waals surface area contributed by atoms with Gasteiger partial charge in [-0.15, -0.1) is 12.4 Å². The molecule has 0 atom stereocenters. The zero-order chi connectivity index (χ0) is 13.2. The molecule has 0 heterocycles. The van der Waals surface area contributed by atoms with E-state index in [4.69, 9.17) is 5.73 Å². The third kappa shape index (κ3) is 3.64. The summed E-state index contributed by atoms with van der Waals surface area (Å²) in [6.07, 6.45) is 3.26. The highest BCUT2D eigenvalue weighted by Gasteiger charge is 2.36. The van der Waals surface area contributed by atoms with Crippen molar-refractivity contribution in [2.75, 3.05) is 0 Å². The van der Waals surface area contributed by atoms with Gasteiger partial charge in [0, 0.05) is 6.54 Å². The Kier molecular flexibility index (Phi) is 5.26. The molecule has 0 bridgehead atoms. The van der Waals surface area contributed by atoms with Crippen LogP contribution in [0.3, 0.4) is 0 Å². The summed E-state index contributed by atoms with van der Waals surface area (Å²) >= 11 is 0. The molecule has 0 unspecified atom stereocenters. The molecule has 1 fully saturated rings. The van der Waals surface area contributed by atoms with E-state index < -0.39 is 17.2 Å². The van der Waals surface area contributed by atoms with Gasteiger partial charge >= 0.3 is 0 Å². The molecule has 1 aliphatic rings. The number of nitrogens with one attached hydrogen (secondary N) is 1. The number of carbonyl (C=O) groups excluding carboxylic acids is 1. The molecule has 2 rings (SSSR count). The summed E-state index contributed by atoms with van der Waals surface area (Å²) < 4.78 is 25.7. The number of halogens is 3. The number of nitrogens with two attached hydrogens (primary N) is 1. The molecule has 3 nitrogen and oxygen atoms in total. The number of amides is 1. The number of hydrogen-bond donors (Lipinski definition) is 2. The standard InChI is InChI=1S/C13H16F2N2O.ClH/c14-10-4-3-9(7-11(10)15)8-17-12(18)13(16)5-1-2-6-13;/h3-4,7H,1-2,5-6,8,16H2,(H,17,18);1H. The van der Waals surface area contributed by atoms with E-state index in [-0.39, 0.29) is 24.9 Å². The third-order valence-electron chi connectivity index (χ3n) is 3.39. The first-order valence-electron chi connectivity index (χ1n) is 6.02. The van der Waals surface area contributed by atoms with Gasteiger partial charge in [0.2, 0.25) is 5.91 Å². The smallest absolute Gasteiger partial charge is 0.240 e. The summed E-state index contributed by atoms with van der Waals surface area (Å²) in [5.74, 6) is -2.02. The highest BCUT2D eigenvalue weighted by molar-refractivity contribution is 5.86. The zero-order valence-electron chi connectivity index (χ0n) is 10.4. The van der Waals surface area contributed by atoms with Gasteiger partial charge in [-0.25, -0.2) is 8.78 Å². The van der Waals surface area contributed by atoms with Gasteiger partial charge in [-0.05, 0) is 30.5 Å². The van der Waals surface area contributed by atoms with Gasteiger partial charge in [0.25, 0.3) is 0 Å². The first-order valence-corrected chi connectivity index (χ1v) is 6.02. The molecule has 1 aliphatic carbocycles. The van der Waals surface area contributed by atoms with E-state index in [0.717, 1.165) is 25.0 Å². The monoisotopic (exact) mass is 290 g/mol. The second-order valence-electron chi connectivity index (χ2n) is 4.79. The Hall–Kier alpha value is -1.20. The van der Waals surface area contributed by atoms with Gasteiger partial charge in [0.15, 0.2) is 11.6 Å². The normalized spacial score (nSPS) is 16.8. The van der Waals surface area contributed by atoms with Crippen LogP contribution in [0, 0.1) is 11.6 Å². The van der Waals surface area contributed by atoms with E-state index in [9.17, 15) is 13.6 Å². The van der Waals surface area contributed by atoms with Crippen LogP contribution in [0.15, 0.2) is 18.2 Å². The molecule has 19 heavy (non-hydrogen) atoms. The van der Waals surface area contributed by atoms with E-state index in [2.05, 4.69) is 5.32 Å². The minimum atomic E-state index is -0.912. The highest BCUT2D eigenvalue weighted by atomic mass is 35.5. The average Bonchev–Trinajstić information content (AvgIpc) is 2.79. The van der Waals surface area contributed by atoms with Crippen molar-refractivity contribution < 1.29 is 13.6 Å². The van der Waals surface area contributed by atoms with Crippen molar-refractivity contribution >= 4 is 18.3 Å². The van der Waals surface area contributed by atoms with Crippen molar-refractivity contribution in [1.82, 2.24) is 5.32 Å². The van der Waals surface area contributed by atoms with Crippen LogP contribution in [-0.4, -0.2) is 11.4 Å². The lowest BCUT2D eigenvalue weighted by Crippen LogP contribution is -2.51. The van der Waals surface area contributed by atoms with E-state index in [1.807, 2.05) is 0 Å². The number of carbonyl (C=O) groups is 1. The Bertz CT molecular complexity index is 462. The molecular formula is C13H17ClF2N2O. The van der Waals surface area contributed by atoms with Crippen LogP contribution in [0.5, 0.6) is 0 Å². The second kappa shape index (κ2) is 6.30. The van der Waals surface area contributed by atoms with Gasteiger partial charge in [-0.3, -0.25) is 4.79 Å². The lowest BCUT2D eigenvalue weighted by molar-refractivity contribution is -0.126. The Balaban J connectivity index is 0.00000180.